The molecule has 1 aromatic heterocycles. The maximum absolute atomic E-state index is 12.5. The molecule has 22 heavy (non-hydrogen) atoms. The summed E-state index contributed by atoms with van der Waals surface area (Å²) in [6.45, 7) is 4.04. The van der Waals surface area contributed by atoms with E-state index in [-0.39, 0.29) is 11.9 Å². The van der Waals surface area contributed by atoms with Gasteiger partial charge in [-0.15, -0.1) is 11.3 Å². The van der Waals surface area contributed by atoms with Crippen LogP contribution >= 0.6 is 11.3 Å². The molecule has 3 nitrogen and oxygen atoms in total. The number of rotatable bonds is 4. The molecule has 3 rings (SSSR count). The molecule has 0 bridgehead atoms. The van der Waals surface area contributed by atoms with Crippen molar-refractivity contribution in [3.63, 3.8) is 0 Å². The molecule has 0 saturated carbocycles. The van der Waals surface area contributed by atoms with E-state index in [1.54, 1.807) is 18.4 Å². The van der Waals surface area contributed by atoms with Crippen molar-refractivity contribution < 1.29 is 9.53 Å². The fourth-order valence-corrected chi connectivity index (χ4v) is 4.14. The van der Waals surface area contributed by atoms with Crippen molar-refractivity contribution >= 4 is 17.2 Å². The number of hydrogen-bond donors (Lipinski definition) is 1. The Labute approximate surface area is 135 Å². The van der Waals surface area contributed by atoms with Crippen LogP contribution in [0.15, 0.2) is 24.3 Å². The van der Waals surface area contributed by atoms with Crippen LogP contribution in [-0.2, 0) is 12.8 Å². The SMILES string of the molecule is COc1ccc(C)cc1[C@@H](C)NC(=O)c1cc2c(s1)CCC2. The van der Waals surface area contributed by atoms with E-state index < -0.39 is 0 Å². The lowest BCUT2D eigenvalue weighted by Crippen LogP contribution is -2.26. The number of hydrogen-bond acceptors (Lipinski definition) is 3. The number of ether oxygens (including phenoxy) is 1. The summed E-state index contributed by atoms with van der Waals surface area (Å²) >= 11 is 1.64. The summed E-state index contributed by atoms with van der Waals surface area (Å²) in [7, 11) is 1.66. The minimum absolute atomic E-state index is 0.00968. The molecular formula is C18H21NO2S. The normalized spacial score (nSPS) is 14.5. The summed E-state index contributed by atoms with van der Waals surface area (Å²) in [6.07, 6.45) is 3.45. The maximum atomic E-state index is 12.5. The van der Waals surface area contributed by atoms with Crippen LogP contribution in [-0.4, -0.2) is 13.0 Å². The average Bonchev–Trinajstić information content (AvgIpc) is 3.08. The summed E-state index contributed by atoms with van der Waals surface area (Å²) in [5, 5.41) is 3.09. The highest BCUT2D eigenvalue weighted by Gasteiger charge is 2.20. The first-order valence-electron chi connectivity index (χ1n) is 7.65. The van der Waals surface area contributed by atoms with Gasteiger partial charge < -0.3 is 10.1 Å². The third-order valence-corrected chi connectivity index (χ3v) is 5.41. The average molecular weight is 315 g/mol. The van der Waals surface area contributed by atoms with Crippen molar-refractivity contribution in [1.82, 2.24) is 5.32 Å². The van der Waals surface area contributed by atoms with Gasteiger partial charge in [-0.05, 0) is 50.8 Å². The number of fused-ring (bicyclic) bond motifs is 1. The van der Waals surface area contributed by atoms with Crippen LogP contribution < -0.4 is 10.1 Å². The first kappa shape index (κ1) is 15.1. The highest BCUT2D eigenvalue weighted by Crippen LogP contribution is 2.31. The monoisotopic (exact) mass is 315 g/mol. The second-order valence-corrected chi connectivity index (χ2v) is 6.99. The van der Waals surface area contributed by atoms with E-state index in [1.165, 1.54) is 16.9 Å². The molecule has 2 aromatic rings. The van der Waals surface area contributed by atoms with Gasteiger partial charge in [-0.2, -0.15) is 0 Å². The van der Waals surface area contributed by atoms with E-state index >= 15 is 0 Å². The topological polar surface area (TPSA) is 38.3 Å². The van der Waals surface area contributed by atoms with Crippen molar-refractivity contribution in [2.24, 2.45) is 0 Å². The van der Waals surface area contributed by atoms with Crippen molar-refractivity contribution in [3.05, 3.63) is 50.7 Å². The summed E-state index contributed by atoms with van der Waals surface area (Å²) < 4.78 is 5.41. The molecule has 1 heterocycles. The quantitative estimate of drug-likeness (QED) is 0.924. The minimum Gasteiger partial charge on any atom is -0.496 e. The van der Waals surface area contributed by atoms with Gasteiger partial charge in [0.25, 0.3) is 5.91 Å². The lowest BCUT2D eigenvalue weighted by atomic mass is 10.0. The van der Waals surface area contributed by atoms with Crippen LogP contribution in [0.25, 0.3) is 0 Å². The number of nitrogens with one attached hydrogen (secondary N) is 1. The third kappa shape index (κ3) is 2.88. The van der Waals surface area contributed by atoms with Gasteiger partial charge in [-0.25, -0.2) is 0 Å². The second kappa shape index (κ2) is 6.13. The predicted molar refractivity (Wildman–Crippen MR) is 90.0 cm³/mol. The molecule has 1 aliphatic carbocycles. The molecule has 0 fully saturated rings. The third-order valence-electron chi connectivity index (χ3n) is 4.17. The van der Waals surface area contributed by atoms with E-state index in [0.717, 1.165) is 34.6 Å². The first-order chi connectivity index (χ1) is 10.6. The van der Waals surface area contributed by atoms with Gasteiger partial charge in [0.2, 0.25) is 0 Å². The van der Waals surface area contributed by atoms with Gasteiger partial charge in [0, 0.05) is 10.4 Å². The van der Waals surface area contributed by atoms with Gasteiger partial charge >= 0.3 is 0 Å². The molecule has 0 unspecified atom stereocenters. The van der Waals surface area contributed by atoms with E-state index in [9.17, 15) is 4.79 Å². The zero-order valence-corrected chi connectivity index (χ0v) is 14.0. The number of benzene rings is 1. The van der Waals surface area contributed by atoms with E-state index in [0.29, 0.717) is 0 Å². The van der Waals surface area contributed by atoms with E-state index in [4.69, 9.17) is 4.74 Å². The maximum Gasteiger partial charge on any atom is 0.261 e. The van der Waals surface area contributed by atoms with Crippen molar-refractivity contribution in [3.8, 4) is 5.75 Å². The van der Waals surface area contributed by atoms with Gasteiger partial charge in [0.05, 0.1) is 18.0 Å². The summed E-state index contributed by atoms with van der Waals surface area (Å²) in [5.41, 5.74) is 3.53. The van der Waals surface area contributed by atoms with Crippen LogP contribution in [0.4, 0.5) is 0 Å². The lowest BCUT2D eigenvalue weighted by Gasteiger charge is -2.17. The Morgan fingerprint density at radius 3 is 2.86 bits per heavy atom. The number of aryl methyl sites for hydroxylation is 3. The molecule has 1 amide bonds. The van der Waals surface area contributed by atoms with Gasteiger partial charge in [-0.3, -0.25) is 4.79 Å². The number of methoxy groups -OCH3 is 1. The number of amides is 1. The van der Waals surface area contributed by atoms with Crippen LogP contribution in [0, 0.1) is 6.92 Å². The second-order valence-electron chi connectivity index (χ2n) is 5.85. The summed E-state index contributed by atoms with van der Waals surface area (Å²) in [4.78, 5) is 14.7. The van der Waals surface area contributed by atoms with Gasteiger partial charge in [-0.1, -0.05) is 17.7 Å². The molecule has 0 saturated heterocycles. The van der Waals surface area contributed by atoms with Crippen LogP contribution in [0.3, 0.4) is 0 Å². The zero-order chi connectivity index (χ0) is 15.7. The number of carbonyl (C=O) groups excluding carboxylic acids is 1. The first-order valence-corrected chi connectivity index (χ1v) is 8.47. The van der Waals surface area contributed by atoms with Crippen LogP contribution in [0.2, 0.25) is 0 Å². The Hall–Kier alpha value is -1.81. The molecule has 0 radical (unpaired) electrons. The van der Waals surface area contributed by atoms with E-state index in [2.05, 4.69) is 17.4 Å². The number of carbonyl (C=O) groups is 1. The minimum atomic E-state index is -0.0840. The Kier molecular flexibility index (Phi) is 4.21. The highest BCUT2D eigenvalue weighted by atomic mass is 32.1. The summed E-state index contributed by atoms with van der Waals surface area (Å²) in [5.74, 6) is 0.822. The van der Waals surface area contributed by atoms with Gasteiger partial charge in [0.1, 0.15) is 5.75 Å². The fraction of sp³-hybridized carbons (Fsp3) is 0.389. The molecule has 0 spiro atoms. The molecule has 116 valence electrons. The molecular weight excluding hydrogens is 294 g/mol. The fourth-order valence-electron chi connectivity index (χ4n) is 2.98. The zero-order valence-electron chi connectivity index (χ0n) is 13.2. The number of thiophene rings is 1. The van der Waals surface area contributed by atoms with Crippen LogP contribution in [0.5, 0.6) is 5.75 Å². The van der Waals surface area contributed by atoms with Crippen LogP contribution in [0.1, 0.15) is 50.6 Å². The Morgan fingerprint density at radius 2 is 2.14 bits per heavy atom. The molecule has 0 aliphatic heterocycles. The van der Waals surface area contributed by atoms with Gasteiger partial charge in [0.15, 0.2) is 0 Å². The Bertz CT molecular complexity index is 684. The Morgan fingerprint density at radius 1 is 1.32 bits per heavy atom. The predicted octanol–water partition coefficient (Wildman–Crippen LogP) is 4.04. The van der Waals surface area contributed by atoms with E-state index in [1.807, 2.05) is 26.0 Å². The summed E-state index contributed by atoms with van der Waals surface area (Å²) in [6, 6.07) is 8.01. The van der Waals surface area contributed by atoms with Crippen molar-refractivity contribution in [2.75, 3.05) is 7.11 Å². The molecule has 1 aliphatic rings. The molecule has 1 atom stereocenters. The Balaban J connectivity index is 1.77. The largest absolute Gasteiger partial charge is 0.496 e. The van der Waals surface area contributed by atoms with Crippen molar-refractivity contribution in [2.45, 2.75) is 39.2 Å². The van der Waals surface area contributed by atoms with Crippen molar-refractivity contribution in [1.29, 1.82) is 0 Å². The lowest BCUT2D eigenvalue weighted by molar-refractivity contribution is 0.0943. The highest BCUT2D eigenvalue weighted by molar-refractivity contribution is 7.14. The molecule has 1 N–H and O–H groups in total. The smallest absolute Gasteiger partial charge is 0.261 e. The molecule has 4 heteroatoms. The standard InChI is InChI=1S/C18H21NO2S/c1-11-7-8-15(21-3)14(9-11)12(2)19-18(20)17-10-13-5-4-6-16(13)22-17/h7-10,12H,4-6H2,1-3H3,(H,19,20)/t12-/m1/s1. The molecule has 1 aromatic carbocycles.